The average molecular weight is 298 g/mol. The Balaban J connectivity index is 1.72. The molecule has 1 aliphatic heterocycles. The number of carbonyl (C=O) groups is 1. The van der Waals surface area contributed by atoms with Crippen LogP contribution in [0.25, 0.3) is 0 Å². The van der Waals surface area contributed by atoms with Gasteiger partial charge in [0.25, 0.3) is 0 Å². The molecule has 1 aliphatic carbocycles. The van der Waals surface area contributed by atoms with E-state index in [0.717, 1.165) is 45.2 Å². The summed E-state index contributed by atoms with van der Waals surface area (Å²) in [6.45, 7) is 9.44. The molecule has 1 amide bonds. The molecule has 2 fully saturated rings. The topological polar surface area (TPSA) is 59.6 Å². The highest BCUT2D eigenvalue weighted by atomic mass is 16.6. The third-order valence-electron chi connectivity index (χ3n) is 4.23. The molecule has 21 heavy (non-hydrogen) atoms. The summed E-state index contributed by atoms with van der Waals surface area (Å²) in [7, 11) is 0. The number of amides is 1. The van der Waals surface area contributed by atoms with Gasteiger partial charge in [0.05, 0.1) is 17.7 Å². The molecule has 122 valence electrons. The number of rotatable bonds is 5. The SMILES string of the molecule is CC1CCC(CNCC2(NC(=O)OC(C)(C)C)CCC2)O1. The molecule has 2 rings (SSSR count). The molecule has 0 aromatic rings. The van der Waals surface area contributed by atoms with Crippen molar-refractivity contribution in [2.75, 3.05) is 13.1 Å². The van der Waals surface area contributed by atoms with Crippen molar-refractivity contribution in [3.8, 4) is 0 Å². The van der Waals surface area contributed by atoms with Crippen LogP contribution in [0.15, 0.2) is 0 Å². The standard InChI is InChI=1S/C16H30N2O3/c1-12-6-7-13(20-12)10-17-11-16(8-5-9-16)18-14(19)21-15(2,3)4/h12-13,17H,5-11H2,1-4H3,(H,18,19). The third-order valence-corrected chi connectivity index (χ3v) is 4.23. The van der Waals surface area contributed by atoms with Gasteiger partial charge in [-0.15, -0.1) is 0 Å². The fourth-order valence-corrected chi connectivity index (χ4v) is 2.98. The minimum Gasteiger partial charge on any atom is -0.444 e. The molecule has 2 aliphatic rings. The number of hydrogen-bond donors (Lipinski definition) is 2. The van der Waals surface area contributed by atoms with Crippen LogP contribution < -0.4 is 10.6 Å². The van der Waals surface area contributed by atoms with Gasteiger partial charge in [0.1, 0.15) is 5.60 Å². The Labute approximate surface area is 128 Å². The summed E-state index contributed by atoms with van der Waals surface area (Å²) in [5.74, 6) is 0. The van der Waals surface area contributed by atoms with E-state index < -0.39 is 5.60 Å². The Morgan fingerprint density at radius 3 is 2.52 bits per heavy atom. The average Bonchev–Trinajstić information content (AvgIpc) is 2.69. The molecule has 1 saturated carbocycles. The maximum atomic E-state index is 11.9. The van der Waals surface area contributed by atoms with Gasteiger partial charge in [0.15, 0.2) is 0 Å². The first-order valence-electron chi connectivity index (χ1n) is 8.15. The van der Waals surface area contributed by atoms with Gasteiger partial charge >= 0.3 is 6.09 Å². The highest BCUT2D eigenvalue weighted by Gasteiger charge is 2.39. The lowest BCUT2D eigenvalue weighted by Crippen LogP contribution is -2.60. The summed E-state index contributed by atoms with van der Waals surface area (Å²) in [5, 5.41) is 6.52. The maximum absolute atomic E-state index is 11.9. The largest absolute Gasteiger partial charge is 0.444 e. The zero-order valence-corrected chi connectivity index (χ0v) is 13.8. The van der Waals surface area contributed by atoms with E-state index in [1.54, 1.807) is 0 Å². The van der Waals surface area contributed by atoms with E-state index in [1.807, 2.05) is 20.8 Å². The highest BCUT2D eigenvalue weighted by molar-refractivity contribution is 5.69. The number of ether oxygens (including phenoxy) is 2. The second-order valence-electron chi connectivity index (χ2n) is 7.54. The van der Waals surface area contributed by atoms with Crippen LogP contribution in [0.1, 0.15) is 59.8 Å². The number of hydrogen-bond acceptors (Lipinski definition) is 4. The lowest BCUT2D eigenvalue weighted by molar-refractivity contribution is 0.0358. The molecule has 0 bridgehead atoms. The first-order chi connectivity index (χ1) is 9.78. The Bertz CT molecular complexity index is 361. The summed E-state index contributed by atoms with van der Waals surface area (Å²) >= 11 is 0. The van der Waals surface area contributed by atoms with Crippen LogP contribution in [-0.4, -0.2) is 42.5 Å². The van der Waals surface area contributed by atoms with Crippen LogP contribution in [0.5, 0.6) is 0 Å². The molecule has 1 heterocycles. The zero-order chi connectivity index (χ0) is 15.5. The summed E-state index contributed by atoms with van der Waals surface area (Å²) < 4.78 is 11.2. The Hall–Kier alpha value is -0.810. The molecule has 5 heteroatoms. The van der Waals surface area contributed by atoms with E-state index >= 15 is 0 Å². The quantitative estimate of drug-likeness (QED) is 0.819. The summed E-state index contributed by atoms with van der Waals surface area (Å²) in [4.78, 5) is 11.9. The van der Waals surface area contributed by atoms with Gasteiger partial charge in [-0.25, -0.2) is 4.79 Å². The molecule has 0 radical (unpaired) electrons. The lowest BCUT2D eigenvalue weighted by Gasteiger charge is -2.43. The fraction of sp³-hybridized carbons (Fsp3) is 0.938. The van der Waals surface area contributed by atoms with Gasteiger partial charge in [-0.3, -0.25) is 0 Å². The van der Waals surface area contributed by atoms with Crippen LogP contribution in [0, 0.1) is 0 Å². The van der Waals surface area contributed by atoms with E-state index in [2.05, 4.69) is 17.6 Å². The number of alkyl carbamates (subject to hydrolysis) is 1. The van der Waals surface area contributed by atoms with E-state index in [0.29, 0.717) is 12.2 Å². The van der Waals surface area contributed by atoms with Crippen molar-refractivity contribution in [3.05, 3.63) is 0 Å². The van der Waals surface area contributed by atoms with Crippen molar-refractivity contribution < 1.29 is 14.3 Å². The normalized spacial score (nSPS) is 28.0. The van der Waals surface area contributed by atoms with Crippen LogP contribution in [0.4, 0.5) is 4.79 Å². The van der Waals surface area contributed by atoms with Gasteiger partial charge in [-0.05, 0) is 59.8 Å². The highest BCUT2D eigenvalue weighted by Crippen LogP contribution is 2.31. The molecule has 0 aromatic heterocycles. The van der Waals surface area contributed by atoms with Crippen molar-refractivity contribution in [1.29, 1.82) is 0 Å². The zero-order valence-electron chi connectivity index (χ0n) is 13.8. The molecule has 2 atom stereocenters. The van der Waals surface area contributed by atoms with Crippen LogP contribution >= 0.6 is 0 Å². The Morgan fingerprint density at radius 1 is 1.33 bits per heavy atom. The molecule has 0 spiro atoms. The molecule has 2 N–H and O–H groups in total. The maximum Gasteiger partial charge on any atom is 0.408 e. The van der Waals surface area contributed by atoms with E-state index in [1.165, 1.54) is 0 Å². The fourth-order valence-electron chi connectivity index (χ4n) is 2.98. The van der Waals surface area contributed by atoms with E-state index in [4.69, 9.17) is 9.47 Å². The Kier molecular flexibility index (Phi) is 5.15. The predicted molar refractivity (Wildman–Crippen MR) is 82.4 cm³/mol. The van der Waals surface area contributed by atoms with Gasteiger partial charge in [0, 0.05) is 13.1 Å². The predicted octanol–water partition coefficient (Wildman–Crippen LogP) is 2.59. The summed E-state index contributed by atoms with van der Waals surface area (Å²) in [5.41, 5.74) is -0.581. The second-order valence-corrected chi connectivity index (χ2v) is 7.54. The molecule has 5 nitrogen and oxygen atoms in total. The second kappa shape index (κ2) is 6.53. The van der Waals surface area contributed by atoms with E-state index in [9.17, 15) is 4.79 Å². The monoisotopic (exact) mass is 298 g/mol. The molecule has 2 unspecified atom stereocenters. The molecule has 0 aromatic carbocycles. The van der Waals surface area contributed by atoms with Crippen molar-refractivity contribution >= 4 is 6.09 Å². The molecular weight excluding hydrogens is 268 g/mol. The minimum absolute atomic E-state index is 0.132. The first-order valence-corrected chi connectivity index (χ1v) is 8.15. The first kappa shape index (κ1) is 16.6. The number of carbonyl (C=O) groups excluding carboxylic acids is 1. The third kappa shape index (κ3) is 5.15. The van der Waals surface area contributed by atoms with Gasteiger partial charge in [0.2, 0.25) is 0 Å². The van der Waals surface area contributed by atoms with Gasteiger partial charge < -0.3 is 20.1 Å². The van der Waals surface area contributed by atoms with Crippen LogP contribution in [0.3, 0.4) is 0 Å². The van der Waals surface area contributed by atoms with Crippen molar-refractivity contribution in [2.45, 2.75) is 83.1 Å². The van der Waals surface area contributed by atoms with Crippen molar-refractivity contribution in [2.24, 2.45) is 0 Å². The summed E-state index contributed by atoms with van der Waals surface area (Å²) in [6, 6.07) is 0. The minimum atomic E-state index is -0.448. The van der Waals surface area contributed by atoms with Crippen molar-refractivity contribution in [3.63, 3.8) is 0 Å². The smallest absolute Gasteiger partial charge is 0.408 e. The molecule has 1 saturated heterocycles. The van der Waals surface area contributed by atoms with Gasteiger partial charge in [-0.1, -0.05) is 0 Å². The number of nitrogens with one attached hydrogen (secondary N) is 2. The van der Waals surface area contributed by atoms with Crippen LogP contribution in [0.2, 0.25) is 0 Å². The molecular formula is C16H30N2O3. The van der Waals surface area contributed by atoms with E-state index in [-0.39, 0.29) is 11.6 Å². The van der Waals surface area contributed by atoms with Crippen molar-refractivity contribution in [1.82, 2.24) is 10.6 Å². The van der Waals surface area contributed by atoms with Gasteiger partial charge in [-0.2, -0.15) is 0 Å². The summed E-state index contributed by atoms with van der Waals surface area (Å²) in [6.07, 6.45) is 5.85. The Morgan fingerprint density at radius 2 is 2.05 bits per heavy atom. The lowest BCUT2D eigenvalue weighted by atomic mass is 9.76. The van der Waals surface area contributed by atoms with Crippen LogP contribution in [-0.2, 0) is 9.47 Å².